The largest absolute Gasteiger partial charge is 0.299 e. The molecular weight excluding hydrogens is 138 g/mol. The van der Waals surface area contributed by atoms with Crippen molar-refractivity contribution in [2.45, 2.75) is 12.8 Å². The molecule has 2 heteroatoms. The normalized spacial score (nSPS) is 15.2. The topological polar surface area (TPSA) is 40.9 Å². The number of ketones is 1. The number of allylic oxidation sites excluding steroid dienone is 4. The van der Waals surface area contributed by atoms with Crippen LogP contribution in [-0.4, -0.2) is 5.78 Å². The lowest BCUT2D eigenvalue weighted by Crippen LogP contribution is -2.07. The van der Waals surface area contributed by atoms with Gasteiger partial charge in [0.1, 0.15) is 5.78 Å². The molecular formula is C9H9NO. The Bertz CT molecular complexity index is 233. The van der Waals surface area contributed by atoms with E-state index in [1.807, 2.05) is 30.4 Å². The van der Waals surface area contributed by atoms with E-state index in [0.29, 0.717) is 12.8 Å². The highest BCUT2D eigenvalue weighted by molar-refractivity contribution is 5.85. The first kappa shape index (κ1) is 7.74. The highest BCUT2D eigenvalue weighted by atomic mass is 16.1. The molecule has 0 radical (unpaired) electrons. The molecule has 2 nitrogen and oxygen atoms in total. The summed E-state index contributed by atoms with van der Waals surface area (Å²) in [5.41, 5.74) is 0. The fourth-order valence-corrected chi connectivity index (χ4v) is 0.992. The van der Waals surface area contributed by atoms with Crippen molar-refractivity contribution in [3.05, 3.63) is 24.3 Å². The summed E-state index contributed by atoms with van der Waals surface area (Å²) in [6.07, 6.45) is 8.11. The maximum Gasteiger partial charge on any atom is 0.144 e. The third kappa shape index (κ3) is 2.05. The van der Waals surface area contributed by atoms with Crippen molar-refractivity contribution in [1.82, 2.24) is 0 Å². The third-order valence-electron chi connectivity index (χ3n) is 1.60. The van der Waals surface area contributed by atoms with Crippen molar-refractivity contribution in [2.24, 2.45) is 5.92 Å². The minimum Gasteiger partial charge on any atom is -0.299 e. The molecule has 0 fully saturated rings. The van der Waals surface area contributed by atoms with Gasteiger partial charge in [0.2, 0.25) is 0 Å². The predicted octanol–water partition coefficient (Wildman–Crippen LogP) is 1.60. The number of nitrogens with zero attached hydrogens (tertiary/aromatic N) is 1. The minimum atomic E-state index is -0.0663. The number of hydrogen-bond acceptors (Lipinski definition) is 2. The lowest BCUT2D eigenvalue weighted by atomic mass is 10.0. The number of hydrogen-bond donors (Lipinski definition) is 0. The van der Waals surface area contributed by atoms with Gasteiger partial charge in [0.05, 0.1) is 12.0 Å². The van der Waals surface area contributed by atoms with Crippen LogP contribution in [0.4, 0.5) is 0 Å². The Hall–Kier alpha value is -1.36. The zero-order valence-corrected chi connectivity index (χ0v) is 6.16. The zero-order chi connectivity index (χ0) is 8.10. The van der Waals surface area contributed by atoms with Crippen LogP contribution < -0.4 is 0 Å². The molecule has 0 aromatic rings. The Morgan fingerprint density at radius 2 is 2.09 bits per heavy atom. The predicted molar refractivity (Wildman–Crippen MR) is 41.6 cm³/mol. The third-order valence-corrected chi connectivity index (χ3v) is 1.60. The van der Waals surface area contributed by atoms with Crippen molar-refractivity contribution in [2.75, 3.05) is 0 Å². The lowest BCUT2D eigenvalue weighted by molar-refractivity contribution is -0.120. The maximum absolute atomic E-state index is 11.2. The fourth-order valence-electron chi connectivity index (χ4n) is 0.992. The van der Waals surface area contributed by atoms with Gasteiger partial charge in [-0.3, -0.25) is 4.79 Å². The number of carbonyl (C=O) groups is 1. The molecule has 0 aromatic heterocycles. The van der Waals surface area contributed by atoms with Gasteiger partial charge < -0.3 is 0 Å². The van der Waals surface area contributed by atoms with E-state index >= 15 is 0 Å². The number of Topliss-reactive ketones (excluding diaryl/α,β-unsaturated/α-hetero) is 1. The van der Waals surface area contributed by atoms with Crippen LogP contribution in [0.3, 0.4) is 0 Å². The minimum absolute atomic E-state index is 0.0663. The highest BCUT2D eigenvalue weighted by Gasteiger charge is 2.12. The van der Waals surface area contributed by atoms with E-state index in [2.05, 4.69) is 0 Å². The molecule has 0 spiro atoms. The summed E-state index contributed by atoms with van der Waals surface area (Å²) < 4.78 is 0. The Morgan fingerprint density at radius 3 is 2.64 bits per heavy atom. The van der Waals surface area contributed by atoms with Crippen molar-refractivity contribution in [1.29, 1.82) is 5.26 Å². The molecule has 0 heterocycles. The van der Waals surface area contributed by atoms with Crippen molar-refractivity contribution in [3.63, 3.8) is 0 Å². The summed E-state index contributed by atoms with van der Waals surface area (Å²) in [7, 11) is 0. The fraction of sp³-hybridized carbons (Fsp3) is 0.333. The molecule has 1 aliphatic rings. The summed E-state index contributed by atoms with van der Waals surface area (Å²) in [4.78, 5) is 11.2. The van der Waals surface area contributed by atoms with Gasteiger partial charge in [0.25, 0.3) is 0 Å². The van der Waals surface area contributed by atoms with Crippen LogP contribution >= 0.6 is 0 Å². The summed E-state index contributed by atoms with van der Waals surface area (Å²) in [5, 5.41) is 8.22. The Kier molecular flexibility index (Phi) is 2.62. The van der Waals surface area contributed by atoms with Crippen LogP contribution in [0.25, 0.3) is 0 Å². The second-order valence-electron chi connectivity index (χ2n) is 2.42. The summed E-state index contributed by atoms with van der Waals surface area (Å²) in [5.74, 6) is 0.0694. The van der Waals surface area contributed by atoms with E-state index in [9.17, 15) is 4.79 Å². The molecule has 0 unspecified atom stereocenters. The van der Waals surface area contributed by atoms with Crippen LogP contribution in [0.15, 0.2) is 24.3 Å². The average Bonchev–Trinajstić information content (AvgIpc) is 2.52. The van der Waals surface area contributed by atoms with Gasteiger partial charge in [0, 0.05) is 12.8 Å². The van der Waals surface area contributed by atoms with Crippen molar-refractivity contribution >= 4 is 5.78 Å². The Balaban J connectivity index is 2.37. The van der Waals surface area contributed by atoms with Crippen LogP contribution in [0.5, 0.6) is 0 Å². The standard InChI is InChI=1S/C9H9NO/c10-7-3-6-9(11)8-4-1-2-5-8/h1-2,4-5,8H,3,6H2. The molecule has 1 aliphatic carbocycles. The maximum atomic E-state index is 11.2. The van der Waals surface area contributed by atoms with Gasteiger partial charge in [-0.2, -0.15) is 5.26 Å². The Morgan fingerprint density at radius 1 is 1.45 bits per heavy atom. The second kappa shape index (κ2) is 3.72. The molecule has 0 N–H and O–H groups in total. The van der Waals surface area contributed by atoms with E-state index < -0.39 is 0 Å². The quantitative estimate of drug-likeness (QED) is 0.608. The van der Waals surface area contributed by atoms with Crippen molar-refractivity contribution < 1.29 is 4.79 Å². The lowest BCUT2D eigenvalue weighted by Gasteiger charge is -1.99. The van der Waals surface area contributed by atoms with E-state index in [1.165, 1.54) is 0 Å². The smallest absolute Gasteiger partial charge is 0.144 e. The number of nitriles is 1. The monoisotopic (exact) mass is 147 g/mol. The SMILES string of the molecule is N#CCCC(=O)C1C=CC=C1. The first-order valence-electron chi connectivity index (χ1n) is 3.59. The molecule has 0 aliphatic heterocycles. The van der Waals surface area contributed by atoms with Gasteiger partial charge in [-0.25, -0.2) is 0 Å². The molecule has 11 heavy (non-hydrogen) atoms. The molecule has 1 rings (SSSR count). The molecule has 0 saturated heterocycles. The first-order chi connectivity index (χ1) is 5.34. The average molecular weight is 147 g/mol. The van der Waals surface area contributed by atoms with Gasteiger partial charge in [-0.05, 0) is 0 Å². The Labute approximate surface area is 65.8 Å². The molecule has 0 aromatic carbocycles. The summed E-state index contributed by atoms with van der Waals surface area (Å²) >= 11 is 0. The van der Waals surface area contributed by atoms with E-state index in [4.69, 9.17) is 5.26 Å². The van der Waals surface area contributed by atoms with Gasteiger partial charge in [-0.15, -0.1) is 0 Å². The zero-order valence-electron chi connectivity index (χ0n) is 6.16. The van der Waals surface area contributed by atoms with E-state index in [-0.39, 0.29) is 11.7 Å². The highest BCUT2D eigenvalue weighted by Crippen LogP contribution is 2.12. The van der Waals surface area contributed by atoms with E-state index in [1.54, 1.807) is 0 Å². The summed E-state index contributed by atoms with van der Waals surface area (Å²) in [6.45, 7) is 0. The molecule has 0 bridgehead atoms. The first-order valence-corrected chi connectivity index (χ1v) is 3.59. The van der Waals surface area contributed by atoms with Gasteiger partial charge >= 0.3 is 0 Å². The van der Waals surface area contributed by atoms with Gasteiger partial charge in [-0.1, -0.05) is 24.3 Å². The molecule has 0 amide bonds. The molecule has 0 atom stereocenters. The molecule has 56 valence electrons. The van der Waals surface area contributed by atoms with E-state index in [0.717, 1.165) is 0 Å². The van der Waals surface area contributed by atoms with Crippen LogP contribution in [-0.2, 0) is 4.79 Å². The van der Waals surface area contributed by atoms with Crippen LogP contribution in [0.2, 0.25) is 0 Å². The van der Waals surface area contributed by atoms with Crippen LogP contribution in [0.1, 0.15) is 12.8 Å². The number of carbonyl (C=O) groups excluding carboxylic acids is 1. The second-order valence-corrected chi connectivity index (χ2v) is 2.42. The number of rotatable bonds is 3. The van der Waals surface area contributed by atoms with Gasteiger partial charge in [0.15, 0.2) is 0 Å². The van der Waals surface area contributed by atoms with Crippen molar-refractivity contribution in [3.8, 4) is 6.07 Å². The summed E-state index contributed by atoms with van der Waals surface area (Å²) in [6, 6.07) is 1.95. The molecule has 0 saturated carbocycles. The van der Waals surface area contributed by atoms with Crippen LogP contribution in [0, 0.1) is 17.2 Å².